The lowest BCUT2D eigenvalue weighted by molar-refractivity contribution is -0.152. The van der Waals surface area contributed by atoms with Crippen molar-refractivity contribution < 1.29 is 19.3 Å². The summed E-state index contributed by atoms with van der Waals surface area (Å²) in [5, 5.41) is 9.59. The Kier molecular flexibility index (Phi) is 1.88. The fourth-order valence-corrected chi connectivity index (χ4v) is 1.38. The Morgan fingerprint density at radius 1 is 1.33 bits per heavy atom. The maximum atomic E-state index is 9.59. The van der Waals surface area contributed by atoms with Crippen LogP contribution in [0.1, 0.15) is 13.8 Å². The molecule has 0 amide bonds. The first-order valence-electron chi connectivity index (χ1n) is 4.20. The van der Waals surface area contributed by atoms with Gasteiger partial charge in [-0.25, -0.2) is 0 Å². The average molecular weight is 174 g/mol. The van der Waals surface area contributed by atoms with Crippen LogP contribution in [0.25, 0.3) is 0 Å². The van der Waals surface area contributed by atoms with E-state index in [9.17, 15) is 5.11 Å². The quantitative estimate of drug-likeness (QED) is 0.594. The van der Waals surface area contributed by atoms with Crippen LogP contribution in [0.4, 0.5) is 0 Å². The Morgan fingerprint density at radius 2 is 2.00 bits per heavy atom. The number of epoxide rings is 1. The second kappa shape index (κ2) is 2.67. The zero-order chi connectivity index (χ0) is 8.77. The van der Waals surface area contributed by atoms with E-state index in [0.29, 0.717) is 13.2 Å². The van der Waals surface area contributed by atoms with E-state index in [2.05, 4.69) is 0 Å². The van der Waals surface area contributed by atoms with E-state index in [1.165, 1.54) is 0 Å². The SMILES string of the molecule is CC1(C)OC[C@@H]([C@H](O)[C@@H]2CO2)O1. The lowest BCUT2D eigenvalue weighted by atomic mass is 10.1. The summed E-state index contributed by atoms with van der Waals surface area (Å²) in [5.41, 5.74) is 0. The second-order valence-electron chi connectivity index (χ2n) is 3.73. The van der Waals surface area contributed by atoms with Gasteiger partial charge in [0.1, 0.15) is 18.3 Å². The third kappa shape index (κ3) is 1.61. The molecule has 2 saturated heterocycles. The van der Waals surface area contributed by atoms with Gasteiger partial charge in [-0.3, -0.25) is 0 Å². The predicted octanol–water partition coefficient (Wildman–Crippen LogP) is -0.102. The van der Waals surface area contributed by atoms with Gasteiger partial charge in [0, 0.05) is 0 Å². The molecule has 0 spiro atoms. The predicted molar refractivity (Wildman–Crippen MR) is 40.7 cm³/mol. The summed E-state index contributed by atoms with van der Waals surface area (Å²) in [5.74, 6) is -0.555. The molecule has 0 bridgehead atoms. The molecule has 0 saturated carbocycles. The topological polar surface area (TPSA) is 51.2 Å². The highest BCUT2D eigenvalue weighted by atomic mass is 16.7. The van der Waals surface area contributed by atoms with Crippen molar-refractivity contribution in [2.24, 2.45) is 0 Å². The van der Waals surface area contributed by atoms with Gasteiger partial charge in [-0.1, -0.05) is 0 Å². The largest absolute Gasteiger partial charge is 0.388 e. The maximum Gasteiger partial charge on any atom is 0.163 e. The highest BCUT2D eigenvalue weighted by Crippen LogP contribution is 2.28. The first-order chi connectivity index (χ1) is 5.58. The maximum absolute atomic E-state index is 9.59. The van der Waals surface area contributed by atoms with Crippen molar-refractivity contribution >= 4 is 0 Å². The Balaban J connectivity index is 1.89. The van der Waals surface area contributed by atoms with Gasteiger partial charge in [-0.05, 0) is 13.8 Å². The van der Waals surface area contributed by atoms with Crippen LogP contribution in [0, 0.1) is 0 Å². The molecule has 0 aromatic rings. The number of hydrogen-bond acceptors (Lipinski definition) is 4. The van der Waals surface area contributed by atoms with Crippen molar-refractivity contribution in [3.8, 4) is 0 Å². The molecular weight excluding hydrogens is 160 g/mol. The summed E-state index contributed by atoms with van der Waals surface area (Å²) in [6.45, 7) is 4.77. The van der Waals surface area contributed by atoms with Crippen LogP contribution in [0.5, 0.6) is 0 Å². The molecule has 2 heterocycles. The van der Waals surface area contributed by atoms with Gasteiger partial charge in [0.15, 0.2) is 5.79 Å². The molecule has 2 rings (SSSR count). The lowest BCUT2D eigenvalue weighted by Gasteiger charge is -2.19. The average Bonchev–Trinajstić information content (AvgIpc) is 2.75. The van der Waals surface area contributed by atoms with E-state index in [0.717, 1.165) is 0 Å². The van der Waals surface area contributed by atoms with Crippen molar-refractivity contribution in [1.29, 1.82) is 0 Å². The summed E-state index contributed by atoms with van der Waals surface area (Å²) in [4.78, 5) is 0. The van der Waals surface area contributed by atoms with Gasteiger partial charge in [0.05, 0.1) is 13.2 Å². The number of aliphatic hydroxyl groups is 1. The fourth-order valence-electron chi connectivity index (χ4n) is 1.38. The highest BCUT2D eigenvalue weighted by molar-refractivity contribution is 4.88. The Morgan fingerprint density at radius 3 is 2.42 bits per heavy atom. The molecule has 0 aromatic heterocycles. The van der Waals surface area contributed by atoms with Crippen LogP contribution < -0.4 is 0 Å². The molecule has 0 radical (unpaired) electrons. The minimum Gasteiger partial charge on any atom is -0.388 e. The normalized spacial score (nSPS) is 41.2. The van der Waals surface area contributed by atoms with Crippen molar-refractivity contribution in [3.05, 3.63) is 0 Å². The lowest BCUT2D eigenvalue weighted by Crippen LogP contribution is -2.34. The van der Waals surface area contributed by atoms with E-state index >= 15 is 0 Å². The van der Waals surface area contributed by atoms with Crippen LogP contribution in [0.15, 0.2) is 0 Å². The van der Waals surface area contributed by atoms with Gasteiger partial charge in [0.25, 0.3) is 0 Å². The van der Waals surface area contributed by atoms with Gasteiger partial charge >= 0.3 is 0 Å². The molecule has 0 aliphatic carbocycles. The highest BCUT2D eigenvalue weighted by Gasteiger charge is 2.43. The Labute approximate surface area is 71.4 Å². The van der Waals surface area contributed by atoms with Gasteiger partial charge in [-0.15, -0.1) is 0 Å². The van der Waals surface area contributed by atoms with Crippen molar-refractivity contribution in [2.45, 2.75) is 37.9 Å². The van der Waals surface area contributed by atoms with E-state index in [-0.39, 0.29) is 12.2 Å². The molecule has 12 heavy (non-hydrogen) atoms. The summed E-state index contributed by atoms with van der Waals surface area (Å²) < 4.78 is 15.7. The third-order valence-corrected chi connectivity index (χ3v) is 2.15. The summed E-state index contributed by atoms with van der Waals surface area (Å²) >= 11 is 0. The second-order valence-corrected chi connectivity index (χ2v) is 3.73. The molecule has 2 aliphatic rings. The zero-order valence-corrected chi connectivity index (χ0v) is 7.32. The zero-order valence-electron chi connectivity index (χ0n) is 7.32. The first kappa shape index (κ1) is 8.44. The minimum atomic E-state index is -0.555. The van der Waals surface area contributed by atoms with Crippen LogP contribution in [0.2, 0.25) is 0 Å². The summed E-state index contributed by atoms with van der Waals surface area (Å²) in [6, 6.07) is 0. The number of hydrogen-bond donors (Lipinski definition) is 1. The molecule has 4 heteroatoms. The third-order valence-electron chi connectivity index (χ3n) is 2.15. The Hall–Kier alpha value is -0.160. The fraction of sp³-hybridized carbons (Fsp3) is 1.00. The number of rotatable bonds is 2. The molecule has 2 fully saturated rings. The van der Waals surface area contributed by atoms with Crippen molar-refractivity contribution in [3.63, 3.8) is 0 Å². The number of aliphatic hydroxyl groups excluding tert-OH is 1. The van der Waals surface area contributed by atoms with Gasteiger partial charge < -0.3 is 19.3 Å². The monoisotopic (exact) mass is 174 g/mol. The van der Waals surface area contributed by atoms with Gasteiger partial charge in [0.2, 0.25) is 0 Å². The van der Waals surface area contributed by atoms with E-state index in [1.54, 1.807) is 0 Å². The van der Waals surface area contributed by atoms with Crippen LogP contribution in [0.3, 0.4) is 0 Å². The van der Waals surface area contributed by atoms with Gasteiger partial charge in [-0.2, -0.15) is 0 Å². The smallest absolute Gasteiger partial charge is 0.163 e. The Bertz CT molecular complexity index is 176. The van der Waals surface area contributed by atoms with Crippen LogP contribution in [-0.2, 0) is 14.2 Å². The van der Waals surface area contributed by atoms with E-state index in [4.69, 9.17) is 14.2 Å². The van der Waals surface area contributed by atoms with E-state index in [1.807, 2.05) is 13.8 Å². The van der Waals surface area contributed by atoms with Crippen molar-refractivity contribution in [1.82, 2.24) is 0 Å². The molecule has 3 atom stereocenters. The molecule has 0 aromatic carbocycles. The summed E-state index contributed by atoms with van der Waals surface area (Å²) in [7, 11) is 0. The molecule has 1 N–H and O–H groups in total. The molecule has 0 unspecified atom stereocenters. The molecular formula is C8H14O4. The first-order valence-corrected chi connectivity index (χ1v) is 4.20. The molecule has 4 nitrogen and oxygen atoms in total. The molecule has 2 aliphatic heterocycles. The minimum absolute atomic E-state index is 0.0347. The molecule has 70 valence electrons. The summed E-state index contributed by atoms with van der Waals surface area (Å²) in [6.07, 6.45) is -0.799. The standard InChI is InChI=1S/C8H14O4/c1-8(2)11-4-6(12-8)7(9)5-3-10-5/h5-7,9H,3-4H2,1-2H3/t5-,6-,7+/m0/s1. The van der Waals surface area contributed by atoms with Crippen LogP contribution >= 0.6 is 0 Å². The van der Waals surface area contributed by atoms with Crippen LogP contribution in [-0.4, -0.2) is 42.4 Å². The number of ether oxygens (including phenoxy) is 3. The van der Waals surface area contributed by atoms with E-state index < -0.39 is 11.9 Å². The van der Waals surface area contributed by atoms with Crippen molar-refractivity contribution in [2.75, 3.05) is 13.2 Å².